The maximum absolute atomic E-state index is 11.3. The first-order valence-corrected chi connectivity index (χ1v) is 5.03. The van der Waals surface area contributed by atoms with Gasteiger partial charge in [-0.3, -0.25) is 4.79 Å². The number of nitrogens with two attached hydrogens (primary N) is 1. The lowest BCUT2D eigenvalue weighted by molar-refractivity contribution is -0.121. The first-order valence-electron chi connectivity index (χ1n) is 5.03. The highest BCUT2D eigenvalue weighted by Gasteiger charge is 2.09. The molecule has 5 heteroatoms. The molecule has 0 atom stereocenters. The molecular weight excluding hydrogens is 194 g/mol. The van der Waals surface area contributed by atoms with Gasteiger partial charge in [0.25, 0.3) is 0 Å². The molecule has 0 aromatic carbocycles. The molecule has 1 amide bonds. The Kier molecular flexibility index (Phi) is 4.30. The minimum absolute atomic E-state index is 0.0143. The predicted octanol–water partition coefficient (Wildman–Crippen LogP) is 0.647. The van der Waals surface area contributed by atoms with Crippen LogP contribution in [0.5, 0.6) is 0 Å². The van der Waals surface area contributed by atoms with Crippen LogP contribution in [-0.2, 0) is 11.3 Å². The number of rotatable bonds is 5. The van der Waals surface area contributed by atoms with Crippen molar-refractivity contribution in [3.8, 4) is 0 Å². The molecule has 0 aliphatic rings. The van der Waals surface area contributed by atoms with Gasteiger partial charge in [0.2, 0.25) is 5.91 Å². The van der Waals surface area contributed by atoms with E-state index in [1.165, 1.54) is 0 Å². The van der Waals surface area contributed by atoms with E-state index in [2.05, 4.69) is 10.5 Å². The van der Waals surface area contributed by atoms with E-state index in [1.54, 1.807) is 0 Å². The molecule has 84 valence electrons. The monoisotopic (exact) mass is 211 g/mol. The quantitative estimate of drug-likeness (QED) is 0.749. The standard InChI is InChI=1S/C10H17N3O2/c1-7-9(8(2)15-13-7)6-12-10(14)4-3-5-11/h3-6,11H2,1-2H3,(H,12,14). The molecule has 1 aromatic rings. The second kappa shape index (κ2) is 5.50. The lowest BCUT2D eigenvalue weighted by atomic mass is 10.2. The number of nitrogens with one attached hydrogen (secondary N) is 1. The van der Waals surface area contributed by atoms with Crippen molar-refractivity contribution in [2.75, 3.05) is 6.54 Å². The van der Waals surface area contributed by atoms with Crippen molar-refractivity contribution < 1.29 is 9.32 Å². The molecule has 0 spiro atoms. The van der Waals surface area contributed by atoms with Gasteiger partial charge in [-0.25, -0.2) is 0 Å². The zero-order valence-corrected chi connectivity index (χ0v) is 9.17. The highest BCUT2D eigenvalue weighted by molar-refractivity contribution is 5.75. The van der Waals surface area contributed by atoms with Crippen molar-refractivity contribution in [2.24, 2.45) is 5.73 Å². The number of aryl methyl sites for hydroxylation is 2. The summed E-state index contributed by atoms with van der Waals surface area (Å²) in [6.45, 7) is 4.71. The lowest BCUT2D eigenvalue weighted by Gasteiger charge is -2.03. The van der Waals surface area contributed by atoms with Gasteiger partial charge in [-0.2, -0.15) is 0 Å². The summed E-state index contributed by atoms with van der Waals surface area (Å²) in [6, 6.07) is 0. The topological polar surface area (TPSA) is 81.2 Å². The van der Waals surface area contributed by atoms with E-state index < -0.39 is 0 Å². The fourth-order valence-electron chi connectivity index (χ4n) is 1.29. The van der Waals surface area contributed by atoms with Gasteiger partial charge in [-0.15, -0.1) is 0 Å². The fraction of sp³-hybridized carbons (Fsp3) is 0.600. The number of carbonyl (C=O) groups is 1. The Bertz CT molecular complexity index is 314. The van der Waals surface area contributed by atoms with Crippen molar-refractivity contribution >= 4 is 5.91 Å². The number of hydrogen-bond acceptors (Lipinski definition) is 4. The molecule has 0 bridgehead atoms. The minimum atomic E-state index is 0.0143. The molecule has 1 rings (SSSR count). The van der Waals surface area contributed by atoms with E-state index in [1.807, 2.05) is 13.8 Å². The van der Waals surface area contributed by atoms with Crippen LogP contribution >= 0.6 is 0 Å². The first-order chi connectivity index (χ1) is 7.15. The summed E-state index contributed by atoms with van der Waals surface area (Å²) in [6.07, 6.45) is 1.19. The van der Waals surface area contributed by atoms with E-state index in [-0.39, 0.29) is 5.91 Å². The second-order valence-corrected chi connectivity index (χ2v) is 3.47. The van der Waals surface area contributed by atoms with Crippen LogP contribution in [0.25, 0.3) is 0 Å². The Balaban J connectivity index is 2.40. The van der Waals surface area contributed by atoms with Crippen molar-refractivity contribution in [3.63, 3.8) is 0 Å². The molecule has 15 heavy (non-hydrogen) atoms. The predicted molar refractivity (Wildman–Crippen MR) is 56.1 cm³/mol. The zero-order chi connectivity index (χ0) is 11.3. The van der Waals surface area contributed by atoms with Gasteiger partial charge in [-0.1, -0.05) is 5.16 Å². The number of aromatic nitrogens is 1. The van der Waals surface area contributed by atoms with Crippen LogP contribution in [0.4, 0.5) is 0 Å². The summed E-state index contributed by atoms with van der Waals surface area (Å²) in [7, 11) is 0. The highest BCUT2D eigenvalue weighted by atomic mass is 16.5. The maximum Gasteiger partial charge on any atom is 0.220 e. The molecule has 3 N–H and O–H groups in total. The Morgan fingerprint density at radius 1 is 1.53 bits per heavy atom. The van der Waals surface area contributed by atoms with Gasteiger partial charge in [0.05, 0.1) is 5.69 Å². The molecular formula is C10H17N3O2. The summed E-state index contributed by atoms with van der Waals surface area (Å²) in [5, 5.41) is 6.62. The maximum atomic E-state index is 11.3. The summed E-state index contributed by atoms with van der Waals surface area (Å²) in [5.74, 6) is 0.770. The third-order valence-corrected chi connectivity index (χ3v) is 2.25. The van der Waals surface area contributed by atoms with Crippen LogP contribution in [0.3, 0.4) is 0 Å². The van der Waals surface area contributed by atoms with Gasteiger partial charge in [0.15, 0.2) is 0 Å². The molecule has 0 saturated heterocycles. The lowest BCUT2D eigenvalue weighted by Crippen LogP contribution is -2.23. The molecule has 0 unspecified atom stereocenters. The third kappa shape index (κ3) is 3.36. The first kappa shape index (κ1) is 11.7. The molecule has 5 nitrogen and oxygen atoms in total. The Labute approximate surface area is 89.0 Å². The van der Waals surface area contributed by atoms with Crippen LogP contribution in [-0.4, -0.2) is 17.6 Å². The van der Waals surface area contributed by atoms with Crippen molar-refractivity contribution in [1.29, 1.82) is 0 Å². The number of nitrogens with zero attached hydrogens (tertiary/aromatic N) is 1. The van der Waals surface area contributed by atoms with Gasteiger partial charge in [0.1, 0.15) is 5.76 Å². The third-order valence-electron chi connectivity index (χ3n) is 2.25. The summed E-state index contributed by atoms with van der Waals surface area (Å²) in [4.78, 5) is 11.3. The van der Waals surface area contributed by atoms with Crippen LogP contribution in [0, 0.1) is 13.8 Å². The fourth-order valence-corrected chi connectivity index (χ4v) is 1.29. The number of hydrogen-bond donors (Lipinski definition) is 2. The summed E-state index contributed by atoms with van der Waals surface area (Å²) >= 11 is 0. The van der Waals surface area contributed by atoms with E-state index in [4.69, 9.17) is 10.3 Å². The van der Waals surface area contributed by atoms with Gasteiger partial charge < -0.3 is 15.6 Å². The summed E-state index contributed by atoms with van der Waals surface area (Å²) < 4.78 is 4.99. The van der Waals surface area contributed by atoms with Crippen LogP contribution < -0.4 is 11.1 Å². The van der Waals surface area contributed by atoms with E-state index in [9.17, 15) is 4.79 Å². The van der Waals surface area contributed by atoms with Crippen LogP contribution in [0.15, 0.2) is 4.52 Å². The normalized spacial score (nSPS) is 10.3. The SMILES string of the molecule is Cc1noc(C)c1CNC(=O)CCCN. The van der Waals surface area contributed by atoms with Crippen molar-refractivity contribution in [1.82, 2.24) is 10.5 Å². The smallest absolute Gasteiger partial charge is 0.220 e. The average molecular weight is 211 g/mol. The largest absolute Gasteiger partial charge is 0.361 e. The Morgan fingerprint density at radius 3 is 2.80 bits per heavy atom. The second-order valence-electron chi connectivity index (χ2n) is 3.47. The molecule has 0 fully saturated rings. The van der Waals surface area contributed by atoms with E-state index in [0.717, 1.165) is 17.0 Å². The van der Waals surface area contributed by atoms with Crippen LogP contribution in [0.1, 0.15) is 29.9 Å². The zero-order valence-electron chi connectivity index (χ0n) is 9.17. The Hall–Kier alpha value is -1.36. The van der Waals surface area contributed by atoms with E-state index >= 15 is 0 Å². The van der Waals surface area contributed by atoms with Gasteiger partial charge >= 0.3 is 0 Å². The van der Waals surface area contributed by atoms with E-state index in [0.29, 0.717) is 25.9 Å². The van der Waals surface area contributed by atoms with Gasteiger partial charge in [0, 0.05) is 18.5 Å². The minimum Gasteiger partial charge on any atom is -0.361 e. The average Bonchev–Trinajstić information content (AvgIpc) is 2.53. The van der Waals surface area contributed by atoms with Crippen molar-refractivity contribution in [3.05, 3.63) is 17.0 Å². The molecule has 1 aromatic heterocycles. The highest BCUT2D eigenvalue weighted by Crippen LogP contribution is 2.11. The summed E-state index contributed by atoms with van der Waals surface area (Å²) in [5.41, 5.74) is 7.09. The molecule has 1 heterocycles. The molecule has 0 aliphatic heterocycles. The van der Waals surface area contributed by atoms with Gasteiger partial charge in [-0.05, 0) is 26.8 Å². The molecule has 0 saturated carbocycles. The van der Waals surface area contributed by atoms with Crippen molar-refractivity contribution in [2.45, 2.75) is 33.2 Å². The van der Waals surface area contributed by atoms with Crippen LogP contribution in [0.2, 0.25) is 0 Å². The molecule has 0 radical (unpaired) electrons. The number of carbonyl (C=O) groups excluding carboxylic acids is 1. The Morgan fingerprint density at radius 2 is 2.27 bits per heavy atom. The molecule has 0 aliphatic carbocycles. The number of amides is 1.